The van der Waals surface area contributed by atoms with Gasteiger partial charge in [0.05, 0.1) is 26.4 Å². The second kappa shape index (κ2) is 73.8. The molecule has 0 amide bonds. The van der Waals surface area contributed by atoms with E-state index in [4.69, 9.17) is 37.0 Å². The number of esters is 4. The average Bonchev–Trinajstić information content (AvgIpc) is 1.25. The minimum Gasteiger partial charge on any atom is -0.462 e. The number of phosphoric ester groups is 2. The Kier molecular flexibility index (Phi) is 71.2. The van der Waals surface area contributed by atoms with Crippen LogP contribution in [-0.4, -0.2) is 96.7 Å². The first-order chi connectivity index (χ1) is 48.7. The van der Waals surface area contributed by atoms with E-state index in [0.29, 0.717) is 25.7 Å². The fourth-order valence-corrected chi connectivity index (χ4v) is 12.5. The number of phosphoric acid groups is 2. The number of rotatable bonds is 76. The summed E-state index contributed by atoms with van der Waals surface area (Å²) in [5, 5.41) is 10.6. The Bertz CT molecular complexity index is 2180. The van der Waals surface area contributed by atoms with Crippen LogP contribution in [0, 0.1) is 0 Å². The minimum absolute atomic E-state index is 0.0799. The lowest BCUT2D eigenvalue weighted by atomic mass is 10.1. The highest BCUT2D eigenvalue weighted by Crippen LogP contribution is 2.45. The molecule has 0 aromatic carbocycles. The molecule has 0 saturated carbocycles. The van der Waals surface area contributed by atoms with Crippen LogP contribution in [-0.2, 0) is 65.4 Å². The van der Waals surface area contributed by atoms with Crippen molar-refractivity contribution in [1.29, 1.82) is 0 Å². The SMILES string of the molecule is CCCCC/C=C\C/C=C/CCCCCCCC(=O)O[C@H](COC(=O)CCCCCCCCCC/C=C/CCCCC)COP(=O)(O)OC[C@H](O)COP(=O)(O)OC[C@@H](COC(=O)CCCCCCC/C=C/CCCCCCCC)OC(=O)CCCCCCC/C=C/C/C=C/CCCCC. The van der Waals surface area contributed by atoms with Crippen LogP contribution in [0.1, 0.15) is 362 Å². The van der Waals surface area contributed by atoms with E-state index in [1.54, 1.807) is 0 Å². The molecule has 0 aliphatic rings. The van der Waals surface area contributed by atoms with Gasteiger partial charge in [-0.1, -0.05) is 268 Å². The highest BCUT2D eigenvalue weighted by molar-refractivity contribution is 7.47. The predicted octanol–water partition coefficient (Wildman–Crippen LogP) is 23.2. The topological polar surface area (TPSA) is 237 Å². The van der Waals surface area contributed by atoms with Crippen molar-refractivity contribution in [3.63, 3.8) is 0 Å². The molecule has 0 fully saturated rings. The highest BCUT2D eigenvalue weighted by atomic mass is 31.2. The van der Waals surface area contributed by atoms with E-state index >= 15 is 0 Å². The summed E-state index contributed by atoms with van der Waals surface area (Å²) in [6.45, 7) is 4.81. The molecular formula is C81H146O17P2. The molecule has 5 atom stereocenters. The third kappa shape index (κ3) is 72.8. The molecule has 0 saturated heterocycles. The van der Waals surface area contributed by atoms with Gasteiger partial charge < -0.3 is 33.8 Å². The molecule has 0 spiro atoms. The molecule has 582 valence electrons. The molecule has 0 heterocycles. The maximum absolute atomic E-state index is 13.1. The van der Waals surface area contributed by atoms with Crippen LogP contribution in [0.15, 0.2) is 72.9 Å². The fraction of sp³-hybridized carbons (Fsp3) is 0.802. The standard InChI is InChI=1S/C81H146O17P2/c1-5-9-13-17-21-25-29-33-37-41-45-49-53-57-61-65-78(83)91-71-76(97-80(85)67-63-59-55-51-47-43-39-35-31-27-23-19-15-11-7-3)73-95-99(87,88)93-69-75(82)70-94-100(89,90)96-74-77(98-81(86)68-64-60-56-52-48-44-40-36-32-28-24-20-16-12-8-4)72-92-79(84)66-62-58-54-50-46-42-38-34-30-26-22-18-14-10-6-2/h21,23-25,27-28,34-36,38-40,75-77,82H,5-20,22,26,29-33,37,41-74H2,1-4H3,(H,87,88)(H,89,90)/b25-21+,27-23-,28-24+,38-34+,39-35+,40-36+/t75-,76+,77+/m0/s1. The van der Waals surface area contributed by atoms with Crippen LogP contribution in [0.25, 0.3) is 0 Å². The molecule has 17 nitrogen and oxygen atoms in total. The van der Waals surface area contributed by atoms with E-state index < -0.39 is 97.5 Å². The lowest BCUT2D eigenvalue weighted by Crippen LogP contribution is -2.30. The van der Waals surface area contributed by atoms with Gasteiger partial charge in [0.15, 0.2) is 12.2 Å². The summed E-state index contributed by atoms with van der Waals surface area (Å²) in [5.74, 6) is -2.19. The van der Waals surface area contributed by atoms with Gasteiger partial charge in [-0.15, -0.1) is 0 Å². The number of carbonyl (C=O) groups is 4. The summed E-state index contributed by atoms with van der Waals surface area (Å²) >= 11 is 0. The van der Waals surface area contributed by atoms with E-state index in [1.165, 1.54) is 122 Å². The Balaban J connectivity index is 5.36. The number of aliphatic hydroxyl groups excluding tert-OH is 1. The average molecular weight is 1450 g/mol. The maximum atomic E-state index is 13.1. The van der Waals surface area contributed by atoms with Crippen LogP contribution in [0.2, 0.25) is 0 Å². The zero-order valence-electron chi connectivity index (χ0n) is 63.6. The van der Waals surface area contributed by atoms with Crippen LogP contribution in [0.5, 0.6) is 0 Å². The first kappa shape index (κ1) is 96.5. The van der Waals surface area contributed by atoms with Crippen molar-refractivity contribution < 1.29 is 80.2 Å². The van der Waals surface area contributed by atoms with Gasteiger partial charge in [-0.25, -0.2) is 9.13 Å². The molecule has 2 unspecified atom stereocenters. The normalized spacial score (nSPS) is 14.3. The largest absolute Gasteiger partial charge is 0.472 e. The molecular weight excluding hydrogens is 1310 g/mol. The first-order valence-electron chi connectivity index (χ1n) is 40.2. The van der Waals surface area contributed by atoms with Gasteiger partial charge >= 0.3 is 39.5 Å². The summed E-state index contributed by atoms with van der Waals surface area (Å²) < 4.78 is 68.6. The number of hydrogen-bond donors (Lipinski definition) is 3. The lowest BCUT2D eigenvalue weighted by Gasteiger charge is -2.21. The van der Waals surface area contributed by atoms with Crippen molar-refractivity contribution >= 4 is 39.5 Å². The number of hydrogen-bond acceptors (Lipinski definition) is 15. The third-order valence-corrected chi connectivity index (χ3v) is 19.0. The smallest absolute Gasteiger partial charge is 0.462 e. The lowest BCUT2D eigenvalue weighted by molar-refractivity contribution is -0.161. The van der Waals surface area contributed by atoms with Crippen molar-refractivity contribution in [2.45, 2.75) is 380 Å². The second-order valence-electron chi connectivity index (χ2n) is 27.0. The molecule has 3 N–H and O–H groups in total. The molecule has 0 aromatic rings. The Hall–Kier alpha value is -3.50. The Morgan fingerprint density at radius 3 is 0.770 bits per heavy atom. The minimum atomic E-state index is -4.98. The van der Waals surface area contributed by atoms with Gasteiger partial charge in [0, 0.05) is 25.7 Å². The van der Waals surface area contributed by atoms with Crippen molar-refractivity contribution in [1.82, 2.24) is 0 Å². The van der Waals surface area contributed by atoms with Gasteiger partial charge in [-0.3, -0.25) is 37.3 Å². The summed E-state index contributed by atoms with van der Waals surface area (Å²) in [6, 6.07) is 0. The molecule has 0 aromatic heterocycles. The van der Waals surface area contributed by atoms with Crippen LogP contribution >= 0.6 is 15.6 Å². The Morgan fingerprint density at radius 2 is 0.490 bits per heavy atom. The molecule has 0 rings (SSSR count). The number of carbonyl (C=O) groups excluding carboxylic acids is 4. The summed E-state index contributed by atoms with van der Waals surface area (Å²) in [6.07, 6.45) is 74.4. The predicted molar refractivity (Wildman–Crippen MR) is 409 cm³/mol. The van der Waals surface area contributed by atoms with Crippen molar-refractivity contribution in [2.75, 3.05) is 39.6 Å². The van der Waals surface area contributed by atoms with Crippen LogP contribution in [0.4, 0.5) is 0 Å². The third-order valence-electron chi connectivity index (χ3n) is 17.1. The van der Waals surface area contributed by atoms with E-state index in [1.807, 2.05) is 0 Å². The summed E-state index contributed by atoms with van der Waals surface area (Å²) in [5.41, 5.74) is 0. The van der Waals surface area contributed by atoms with Gasteiger partial charge in [0.25, 0.3) is 0 Å². The number of allylic oxidation sites excluding steroid dienone is 12. The molecule has 0 aliphatic carbocycles. The Morgan fingerprint density at radius 1 is 0.280 bits per heavy atom. The second-order valence-corrected chi connectivity index (χ2v) is 29.9. The summed E-state index contributed by atoms with van der Waals surface area (Å²) in [4.78, 5) is 73.0. The van der Waals surface area contributed by atoms with Crippen molar-refractivity contribution in [2.24, 2.45) is 0 Å². The first-order valence-corrected chi connectivity index (χ1v) is 43.2. The van der Waals surface area contributed by atoms with E-state index in [0.717, 1.165) is 161 Å². The summed E-state index contributed by atoms with van der Waals surface area (Å²) in [7, 11) is -9.95. The van der Waals surface area contributed by atoms with Crippen molar-refractivity contribution in [3.05, 3.63) is 72.9 Å². The van der Waals surface area contributed by atoms with E-state index in [-0.39, 0.29) is 25.7 Å². The molecule has 0 aliphatic heterocycles. The van der Waals surface area contributed by atoms with E-state index in [2.05, 4.69) is 101 Å². The zero-order valence-corrected chi connectivity index (χ0v) is 65.4. The Labute approximate surface area is 609 Å². The van der Waals surface area contributed by atoms with Crippen LogP contribution in [0.3, 0.4) is 0 Å². The number of aliphatic hydroxyl groups is 1. The molecule has 0 radical (unpaired) electrons. The quantitative estimate of drug-likeness (QED) is 0.0169. The van der Waals surface area contributed by atoms with Crippen molar-refractivity contribution in [3.8, 4) is 0 Å². The fourth-order valence-electron chi connectivity index (χ4n) is 10.9. The van der Waals surface area contributed by atoms with Gasteiger partial charge in [-0.2, -0.15) is 0 Å². The molecule has 0 bridgehead atoms. The zero-order chi connectivity index (χ0) is 73.2. The monoisotopic (exact) mass is 1450 g/mol. The number of ether oxygens (including phenoxy) is 4. The van der Waals surface area contributed by atoms with Gasteiger partial charge in [0.1, 0.15) is 19.3 Å². The molecule has 19 heteroatoms. The van der Waals surface area contributed by atoms with Crippen LogP contribution < -0.4 is 0 Å². The van der Waals surface area contributed by atoms with Gasteiger partial charge in [-0.05, 0) is 141 Å². The van der Waals surface area contributed by atoms with Gasteiger partial charge in [0.2, 0.25) is 0 Å². The highest BCUT2D eigenvalue weighted by Gasteiger charge is 2.30. The van der Waals surface area contributed by atoms with E-state index in [9.17, 15) is 43.2 Å². The molecule has 100 heavy (non-hydrogen) atoms. The maximum Gasteiger partial charge on any atom is 0.472 e. The number of unbranched alkanes of at least 4 members (excludes halogenated alkanes) is 38.